The summed E-state index contributed by atoms with van der Waals surface area (Å²) in [5, 5.41) is 1.22. The zero-order valence-electron chi connectivity index (χ0n) is 10.2. The van der Waals surface area contributed by atoms with Gasteiger partial charge in [0.15, 0.2) is 0 Å². The molecule has 3 rings (SSSR count). The number of fused-ring (bicyclic) bond motifs is 1. The van der Waals surface area contributed by atoms with Crippen LogP contribution in [0.25, 0.3) is 11.0 Å². The van der Waals surface area contributed by atoms with Gasteiger partial charge < -0.3 is 4.42 Å². The van der Waals surface area contributed by atoms with Crippen molar-refractivity contribution < 1.29 is 4.42 Å². The summed E-state index contributed by atoms with van der Waals surface area (Å²) < 4.78 is 5.87. The molecule has 2 heteroatoms. The number of hydrogen-bond donors (Lipinski definition) is 0. The second kappa shape index (κ2) is 4.92. The average Bonchev–Trinajstić information content (AvgIpc) is 2.57. The van der Waals surface area contributed by atoms with Gasteiger partial charge >= 0.3 is 0 Å². The molecule has 1 aromatic heterocycles. The van der Waals surface area contributed by atoms with Crippen molar-refractivity contribution >= 4 is 11.0 Å². The largest absolute Gasteiger partial charge is 0.460 e. The highest BCUT2D eigenvalue weighted by Gasteiger charge is 2.11. The van der Waals surface area contributed by atoms with Crippen LogP contribution in [0.1, 0.15) is 31.4 Å². The molecule has 0 N–H and O–H groups in total. The Balaban J connectivity index is 1.75. The van der Waals surface area contributed by atoms with E-state index in [0.29, 0.717) is 0 Å². The van der Waals surface area contributed by atoms with E-state index in [9.17, 15) is 0 Å². The number of hydrogen-bond acceptors (Lipinski definition) is 2. The molecule has 1 aromatic carbocycles. The summed E-state index contributed by atoms with van der Waals surface area (Å²) >= 11 is 0. The number of para-hydroxylation sites is 1. The maximum Gasteiger partial charge on any atom is 0.134 e. The first kappa shape index (κ1) is 10.8. The molecular weight excluding hydrogens is 210 g/mol. The van der Waals surface area contributed by atoms with E-state index in [0.717, 1.165) is 17.9 Å². The first-order valence-corrected chi connectivity index (χ1v) is 6.62. The van der Waals surface area contributed by atoms with Crippen LogP contribution in [0.4, 0.5) is 0 Å². The molecule has 2 heterocycles. The second-order valence-corrected chi connectivity index (χ2v) is 4.94. The van der Waals surface area contributed by atoms with Gasteiger partial charge in [0.05, 0.1) is 6.54 Å². The second-order valence-electron chi connectivity index (χ2n) is 4.94. The van der Waals surface area contributed by atoms with Gasteiger partial charge in [-0.2, -0.15) is 0 Å². The van der Waals surface area contributed by atoms with E-state index in [1.807, 2.05) is 12.1 Å². The maximum absolute atomic E-state index is 5.87. The van der Waals surface area contributed by atoms with Crippen LogP contribution in [-0.2, 0) is 6.54 Å². The average molecular weight is 229 g/mol. The smallest absolute Gasteiger partial charge is 0.134 e. The first-order chi connectivity index (χ1) is 8.42. The molecule has 0 unspecified atom stereocenters. The van der Waals surface area contributed by atoms with E-state index in [-0.39, 0.29) is 0 Å². The van der Waals surface area contributed by atoms with Crippen LogP contribution in [0, 0.1) is 0 Å². The van der Waals surface area contributed by atoms with Gasteiger partial charge in [0.2, 0.25) is 0 Å². The number of nitrogens with zero attached hydrogens (tertiary/aromatic N) is 1. The molecule has 1 saturated heterocycles. The Kier molecular flexibility index (Phi) is 3.14. The van der Waals surface area contributed by atoms with Gasteiger partial charge in [-0.3, -0.25) is 4.90 Å². The third-order valence-corrected chi connectivity index (χ3v) is 3.55. The predicted octanol–water partition coefficient (Wildman–Crippen LogP) is 3.81. The van der Waals surface area contributed by atoms with Crippen molar-refractivity contribution in [3.8, 4) is 0 Å². The number of rotatable bonds is 2. The first-order valence-electron chi connectivity index (χ1n) is 6.62. The molecule has 0 saturated carbocycles. The van der Waals surface area contributed by atoms with Crippen molar-refractivity contribution in [2.45, 2.75) is 32.2 Å². The van der Waals surface area contributed by atoms with E-state index >= 15 is 0 Å². The van der Waals surface area contributed by atoms with Crippen molar-refractivity contribution in [3.63, 3.8) is 0 Å². The molecule has 0 radical (unpaired) electrons. The molecule has 0 bridgehead atoms. The minimum atomic E-state index is 0.967. The Bertz CT molecular complexity index is 447. The molecule has 2 aromatic rings. The minimum Gasteiger partial charge on any atom is -0.460 e. The number of furan rings is 1. The molecule has 0 atom stereocenters. The fourth-order valence-electron chi connectivity index (χ4n) is 2.63. The van der Waals surface area contributed by atoms with Gasteiger partial charge in [0, 0.05) is 5.39 Å². The van der Waals surface area contributed by atoms with Gasteiger partial charge in [-0.1, -0.05) is 31.0 Å². The molecule has 0 aliphatic carbocycles. The summed E-state index contributed by atoms with van der Waals surface area (Å²) in [5.74, 6) is 1.10. The van der Waals surface area contributed by atoms with Crippen LogP contribution >= 0.6 is 0 Å². The van der Waals surface area contributed by atoms with Gasteiger partial charge in [-0.05, 0) is 38.1 Å². The minimum absolute atomic E-state index is 0.967. The zero-order valence-corrected chi connectivity index (χ0v) is 10.2. The standard InChI is InChI=1S/C15H19NO/c1-2-6-10-16(9-5-1)12-14-11-13-7-3-4-8-15(13)17-14/h3-4,7-8,11H,1-2,5-6,9-10,12H2. The summed E-state index contributed by atoms with van der Waals surface area (Å²) in [4.78, 5) is 2.52. The Morgan fingerprint density at radius 1 is 1.00 bits per heavy atom. The highest BCUT2D eigenvalue weighted by Crippen LogP contribution is 2.21. The van der Waals surface area contributed by atoms with Gasteiger partial charge in [0.25, 0.3) is 0 Å². The van der Waals surface area contributed by atoms with Crippen LogP contribution in [-0.4, -0.2) is 18.0 Å². The van der Waals surface area contributed by atoms with E-state index < -0.39 is 0 Å². The lowest BCUT2D eigenvalue weighted by Gasteiger charge is -2.17. The molecule has 1 fully saturated rings. The van der Waals surface area contributed by atoms with Crippen LogP contribution in [0.5, 0.6) is 0 Å². The van der Waals surface area contributed by atoms with Crippen molar-refractivity contribution in [3.05, 3.63) is 36.1 Å². The van der Waals surface area contributed by atoms with Gasteiger partial charge in [-0.15, -0.1) is 0 Å². The van der Waals surface area contributed by atoms with E-state index in [1.165, 1.54) is 44.2 Å². The summed E-state index contributed by atoms with van der Waals surface area (Å²) in [6, 6.07) is 10.4. The highest BCUT2D eigenvalue weighted by atomic mass is 16.3. The quantitative estimate of drug-likeness (QED) is 0.778. The van der Waals surface area contributed by atoms with Crippen LogP contribution in [0.15, 0.2) is 34.7 Å². The molecule has 0 spiro atoms. The lowest BCUT2D eigenvalue weighted by molar-refractivity contribution is 0.256. The van der Waals surface area contributed by atoms with Crippen molar-refractivity contribution in [2.24, 2.45) is 0 Å². The summed E-state index contributed by atoms with van der Waals surface area (Å²) in [7, 11) is 0. The monoisotopic (exact) mass is 229 g/mol. The van der Waals surface area contributed by atoms with Crippen molar-refractivity contribution in [1.82, 2.24) is 4.90 Å². The molecule has 17 heavy (non-hydrogen) atoms. The molecular formula is C15H19NO. The Morgan fingerprint density at radius 3 is 2.53 bits per heavy atom. The zero-order chi connectivity index (χ0) is 11.5. The van der Waals surface area contributed by atoms with Crippen LogP contribution in [0.3, 0.4) is 0 Å². The molecule has 90 valence electrons. The third kappa shape index (κ3) is 2.52. The highest BCUT2D eigenvalue weighted by molar-refractivity contribution is 5.77. The third-order valence-electron chi connectivity index (χ3n) is 3.55. The molecule has 2 nitrogen and oxygen atoms in total. The maximum atomic E-state index is 5.87. The molecule has 1 aliphatic rings. The fraction of sp³-hybridized carbons (Fsp3) is 0.467. The summed E-state index contributed by atoms with van der Waals surface area (Å²) in [6.45, 7) is 3.41. The Hall–Kier alpha value is -1.28. The summed E-state index contributed by atoms with van der Waals surface area (Å²) in [5.41, 5.74) is 1.01. The lowest BCUT2D eigenvalue weighted by atomic mass is 10.2. The topological polar surface area (TPSA) is 16.4 Å². The van der Waals surface area contributed by atoms with E-state index in [2.05, 4.69) is 23.1 Å². The van der Waals surface area contributed by atoms with Crippen LogP contribution in [0.2, 0.25) is 0 Å². The number of likely N-dealkylation sites (tertiary alicyclic amines) is 1. The van der Waals surface area contributed by atoms with Gasteiger partial charge in [-0.25, -0.2) is 0 Å². The Morgan fingerprint density at radius 2 is 1.76 bits per heavy atom. The predicted molar refractivity (Wildman–Crippen MR) is 70.0 cm³/mol. The van der Waals surface area contributed by atoms with E-state index in [4.69, 9.17) is 4.42 Å². The SMILES string of the molecule is c1ccc2oc(CN3CCCCCC3)cc2c1. The van der Waals surface area contributed by atoms with Crippen molar-refractivity contribution in [2.75, 3.05) is 13.1 Å². The lowest BCUT2D eigenvalue weighted by Crippen LogP contribution is -2.23. The van der Waals surface area contributed by atoms with Crippen molar-refractivity contribution in [1.29, 1.82) is 0 Å². The Labute approximate surface area is 102 Å². The normalized spacial score (nSPS) is 18.4. The summed E-state index contributed by atoms with van der Waals surface area (Å²) in [6.07, 6.45) is 5.44. The van der Waals surface area contributed by atoms with Crippen LogP contribution < -0.4 is 0 Å². The molecule has 1 aliphatic heterocycles. The molecule has 0 amide bonds. The number of benzene rings is 1. The fourth-order valence-corrected chi connectivity index (χ4v) is 2.63. The van der Waals surface area contributed by atoms with E-state index in [1.54, 1.807) is 0 Å². The van der Waals surface area contributed by atoms with Gasteiger partial charge in [0.1, 0.15) is 11.3 Å².